The van der Waals surface area contributed by atoms with E-state index in [1.165, 1.54) is 12.5 Å². The molecule has 2 rings (SSSR count). The summed E-state index contributed by atoms with van der Waals surface area (Å²) in [5.41, 5.74) is 2.37. The second kappa shape index (κ2) is 7.41. The average molecular weight is 297 g/mol. The number of carbonyl (C=O) groups excluding carboxylic acids is 2. The first kappa shape index (κ1) is 15.8. The molecule has 22 heavy (non-hydrogen) atoms. The van der Waals surface area contributed by atoms with Crippen LogP contribution in [-0.4, -0.2) is 18.3 Å². The lowest BCUT2D eigenvalue weighted by Gasteiger charge is -2.08. The van der Waals surface area contributed by atoms with Crippen molar-refractivity contribution in [3.63, 3.8) is 0 Å². The number of ketones is 1. The molecule has 0 heterocycles. The first-order valence-corrected chi connectivity index (χ1v) is 7.21. The molecule has 0 saturated carbocycles. The van der Waals surface area contributed by atoms with Gasteiger partial charge in [-0.25, -0.2) is 0 Å². The maximum absolute atomic E-state index is 11.9. The second-order valence-electron chi connectivity index (χ2n) is 4.97. The molecule has 0 spiro atoms. The van der Waals surface area contributed by atoms with Gasteiger partial charge in [-0.1, -0.05) is 31.2 Å². The van der Waals surface area contributed by atoms with Gasteiger partial charge < -0.3 is 10.1 Å². The minimum absolute atomic E-state index is 0.0386. The smallest absolute Gasteiger partial charge is 0.262 e. The molecule has 0 aromatic heterocycles. The van der Waals surface area contributed by atoms with Crippen molar-refractivity contribution in [3.05, 3.63) is 59.7 Å². The molecular formula is C18H19NO3. The van der Waals surface area contributed by atoms with Crippen LogP contribution in [0.5, 0.6) is 5.75 Å². The quantitative estimate of drug-likeness (QED) is 0.831. The fourth-order valence-electron chi connectivity index (χ4n) is 1.98. The molecule has 0 unspecified atom stereocenters. The number of anilines is 1. The Kier molecular flexibility index (Phi) is 5.31. The highest BCUT2D eigenvalue weighted by Gasteiger charge is 2.06. The van der Waals surface area contributed by atoms with Crippen molar-refractivity contribution in [3.8, 4) is 5.75 Å². The zero-order chi connectivity index (χ0) is 15.9. The topological polar surface area (TPSA) is 55.4 Å². The Morgan fingerprint density at radius 1 is 1.09 bits per heavy atom. The van der Waals surface area contributed by atoms with E-state index in [-0.39, 0.29) is 18.3 Å². The van der Waals surface area contributed by atoms with Crippen LogP contribution >= 0.6 is 0 Å². The first-order chi connectivity index (χ1) is 10.6. The van der Waals surface area contributed by atoms with Gasteiger partial charge in [0, 0.05) is 11.3 Å². The molecule has 1 amide bonds. The summed E-state index contributed by atoms with van der Waals surface area (Å²) in [7, 11) is 0. The predicted molar refractivity (Wildman–Crippen MR) is 86.4 cm³/mol. The Hall–Kier alpha value is -2.62. The third-order valence-corrected chi connectivity index (χ3v) is 3.25. The van der Waals surface area contributed by atoms with Crippen LogP contribution in [0.15, 0.2) is 48.5 Å². The Morgan fingerprint density at radius 3 is 2.45 bits per heavy atom. The van der Waals surface area contributed by atoms with Crippen LogP contribution in [0, 0.1) is 0 Å². The highest BCUT2D eigenvalue weighted by Crippen LogP contribution is 2.13. The molecular weight excluding hydrogens is 278 g/mol. The number of hydrogen-bond donors (Lipinski definition) is 1. The number of benzene rings is 2. The van der Waals surface area contributed by atoms with E-state index >= 15 is 0 Å². The summed E-state index contributed by atoms with van der Waals surface area (Å²) < 4.78 is 5.44. The molecule has 0 bridgehead atoms. The third kappa shape index (κ3) is 4.45. The normalized spacial score (nSPS) is 10.1. The summed E-state index contributed by atoms with van der Waals surface area (Å²) in [6, 6.07) is 14.5. The summed E-state index contributed by atoms with van der Waals surface area (Å²) in [4.78, 5) is 23.2. The SMILES string of the molecule is CCc1ccc(OCC(=O)Nc2cccc(C(C)=O)c2)cc1. The highest BCUT2D eigenvalue weighted by atomic mass is 16.5. The standard InChI is InChI=1S/C18H19NO3/c1-3-14-7-9-17(10-8-14)22-12-18(21)19-16-6-4-5-15(11-16)13(2)20/h4-11H,3,12H2,1-2H3,(H,19,21). The monoisotopic (exact) mass is 297 g/mol. The molecule has 2 aromatic rings. The van der Waals surface area contributed by atoms with E-state index in [1.807, 2.05) is 24.3 Å². The van der Waals surface area contributed by atoms with Gasteiger partial charge in [0.05, 0.1) is 0 Å². The van der Waals surface area contributed by atoms with Crippen LogP contribution in [0.4, 0.5) is 5.69 Å². The van der Waals surface area contributed by atoms with Crippen LogP contribution < -0.4 is 10.1 Å². The fraction of sp³-hybridized carbons (Fsp3) is 0.222. The van der Waals surface area contributed by atoms with Crippen molar-refractivity contribution in [2.24, 2.45) is 0 Å². The molecule has 2 aromatic carbocycles. The van der Waals surface area contributed by atoms with Crippen molar-refractivity contribution in [2.75, 3.05) is 11.9 Å². The zero-order valence-corrected chi connectivity index (χ0v) is 12.8. The van der Waals surface area contributed by atoms with Gasteiger partial charge in [0.2, 0.25) is 0 Å². The fourth-order valence-corrected chi connectivity index (χ4v) is 1.98. The molecule has 0 radical (unpaired) electrons. The van der Waals surface area contributed by atoms with Gasteiger partial charge in [-0.3, -0.25) is 9.59 Å². The van der Waals surface area contributed by atoms with E-state index in [4.69, 9.17) is 4.74 Å². The van der Waals surface area contributed by atoms with Crippen molar-refractivity contribution >= 4 is 17.4 Å². The van der Waals surface area contributed by atoms with E-state index < -0.39 is 0 Å². The van der Waals surface area contributed by atoms with Crippen molar-refractivity contribution in [2.45, 2.75) is 20.3 Å². The average Bonchev–Trinajstić information content (AvgIpc) is 2.53. The summed E-state index contributed by atoms with van der Waals surface area (Å²) in [5, 5.41) is 2.71. The lowest BCUT2D eigenvalue weighted by molar-refractivity contribution is -0.118. The first-order valence-electron chi connectivity index (χ1n) is 7.21. The van der Waals surface area contributed by atoms with Gasteiger partial charge in [-0.05, 0) is 43.2 Å². The van der Waals surface area contributed by atoms with E-state index in [9.17, 15) is 9.59 Å². The molecule has 0 fully saturated rings. The molecule has 0 aliphatic rings. The van der Waals surface area contributed by atoms with Crippen molar-refractivity contribution in [1.82, 2.24) is 0 Å². The predicted octanol–water partition coefficient (Wildman–Crippen LogP) is 3.47. The number of hydrogen-bond acceptors (Lipinski definition) is 3. The van der Waals surface area contributed by atoms with Crippen LogP contribution in [0.3, 0.4) is 0 Å². The second-order valence-corrected chi connectivity index (χ2v) is 4.97. The Labute approximate surface area is 130 Å². The largest absolute Gasteiger partial charge is 0.484 e. The minimum atomic E-state index is -0.264. The molecule has 0 atom stereocenters. The molecule has 4 nitrogen and oxygen atoms in total. The van der Waals surface area contributed by atoms with Gasteiger partial charge >= 0.3 is 0 Å². The Balaban J connectivity index is 1.89. The number of aryl methyl sites for hydroxylation is 1. The number of ether oxygens (including phenoxy) is 1. The van der Waals surface area contributed by atoms with Crippen LogP contribution in [0.1, 0.15) is 29.8 Å². The number of rotatable bonds is 6. The molecule has 1 N–H and O–H groups in total. The molecule has 0 aliphatic carbocycles. The Morgan fingerprint density at radius 2 is 1.82 bits per heavy atom. The maximum Gasteiger partial charge on any atom is 0.262 e. The number of Topliss-reactive ketones (excluding diaryl/α,β-unsaturated/α-hetero) is 1. The Bertz CT molecular complexity index is 662. The highest BCUT2D eigenvalue weighted by molar-refractivity contribution is 5.97. The molecule has 0 saturated heterocycles. The molecule has 114 valence electrons. The molecule has 4 heteroatoms. The summed E-state index contributed by atoms with van der Waals surface area (Å²) >= 11 is 0. The van der Waals surface area contributed by atoms with Gasteiger partial charge in [0.15, 0.2) is 12.4 Å². The number of amides is 1. The van der Waals surface area contributed by atoms with E-state index in [0.29, 0.717) is 17.0 Å². The van der Waals surface area contributed by atoms with Gasteiger partial charge in [0.25, 0.3) is 5.91 Å². The van der Waals surface area contributed by atoms with E-state index in [1.54, 1.807) is 24.3 Å². The van der Waals surface area contributed by atoms with Crippen LogP contribution in [-0.2, 0) is 11.2 Å². The van der Waals surface area contributed by atoms with Gasteiger partial charge in [-0.15, -0.1) is 0 Å². The van der Waals surface area contributed by atoms with Crippen LogP contribution in [0.2, 0.25) is 0 Å². The summed E-state index contributed by atoms with van der Waals surface area (Å²) in [6.45, 7) is 3.50. The van der Waals surface area contributed by atoms with Gasteiger partial charge in [-0.2, -0.15) is 0 Å². The molecule has 0 aliphatic heterocycles. The minimum Gasteiger partial charge on any atom is -0.484 e. The van der Waals surface area contributed by atoms with Gasteiger partial charge in [0.1, 0.15) is 5.75 Å². The van der Waals surface area contributed by atoms with Crippen molar-refractivity contribution < 1.29 is 14.3 Å². The number of carbonyl (C=O) groups is 2. The van der Waals surface area contributed by atoms with Crippen molar-refractivity contribution in [1.29, 1.82) is 0 Å². The number of nitrogens with one attached hydrogen (secondary N) is 1. The lowest BCUT2D eigenvalue weighted by atomic mass is 10.1. The lowest BCUT2D eigenvalue weighted by Crippen LogP contribution is -2.20. The van der Waals surface area contributed by atoms with E-state index in [0.717, 1.165) is 6.42 Å². The van der Waals surface area contributed by atoms with Crippen LogP contribution in [0.25, 0.3) is 0 Å². The zero-order valence-electron chi connectivity index (χ0n) is 12.8. The summed E-state index contributed by atoms with van der Waals surface area (Å²) in [5.74, 6) is 0.355. The van der Waals surface area contributed by atoms with E-state index in [2.05, 4.69) is 12.2 Å². The summed E-state index contributed by atoms with van der Waals surface area (Å²) in [6.07, 6.45) is 0.966. The maximum atomic E-state index is 11.9. The third-order valence-electron chi connectivity index (χ3n) is 3.25.